The van der Waals surface area contributed by atoms with Gasteiger partial charge in [-0.3, -0.25) is 4.79 Å². The Hall–Kier alpha value is -2.89. The average molecular weight is 342 g/mol. The Balaban J connectivity index is 2.07. The Morgan fingerprint density at radius 1 is 1.20 bits per heavy atom. The molecule has 132 valence electrons. The minimum absolute atomic E-state index is 0.248. The van der Waals surface area contributed by atoms with E-state index in [2.05, 4.69) is 10.3 Å². The molecule has 0 aliphatic rings. The summed E-state index contributed by atoms with van der Waals surface area (Å²) in [7, 11) is 1.91. The minimum Gasteiger partial charge on any atom is -0.366 e. The van der Waals surface area contributed by atoms with Gasteiger partial charge in [-0.15, -0.1) is 0 Å². The van der Waals surface area contributed by atoms with Crippen LogP contribution in [0.3, 0.4) is 0 Å². The molecule has 0 radical (unpaired) electrons. The fourth-order valence-electron chi connectivity index (χ4n) is 2.39. The van der Waals surface area contributed by atoms with Crippen molar-refractivity contribution in [2.75, 3.05) is 13.6 Å². The molecule has 2 rings (SSSR count). The van der Waals surface area contributed by atoms with Crippen LogP contribution >= 0.6 is 0 Å². The summed E-state index contributed by atoms with van der Waals surface area (Å²) in [5.41, 5.74) is 7.56. The zero-order valence-corrected chi connectivity index (χ0v) is 14.5. The monoisotopic (exact) mass is 342 g/mol. The van der Waals surface area contributed by atoms with Crippen LogP contribution in [0.15, 0.2) is 53.5 Å². The highest BCUT2D eigenvalue weighted by Gasteiger charge is 2.07. The molecule has 5 nitrogen and oxygen atoms in total. The van der Waals surface area contributed by atoms with E-state index in [4.69, 9.17) is 5.73 Å². The molecule has 1 amide bonds. The van der Waals surface area contributed by atoms with Crippen LogP contribution in [0, 0.1) is 5.82 Å². The smallest absolute Gasteiger partial charge is 0.248 e. The number of nitrogens with zero attached hydrogens (tertiary/aromatic N) is 2. The maximum Gasteiger partial charge on any atom is 0.248 e. The minimum atomic E-state index is -0.446. The van der Waals surface area contributed by atoms with Gasteiger partial charge >= 0.3 is 0 Å². The largest absolute Gasteiger partial charge is 0.366 e. The molecule has 0 heterocycles. The Kier molecular flexibility index (Phi) is 6.51. The molecule has 2 aromatic carbocycles. The van der Waals surface area contributed by atoms with E-state index in [1.165, 1.54) is 12.1 Å². The van der Waals surface area contributed by atoms with E-state index < -0.39 is 5.91 Å². The lowest BCUT2D eigenvalue weighted by atomic mass is 10.1. The van der Waals surface area contributed by atoms with Crippen molar-refractivity contribution in [3.05, 3.63) is 71.0 Å². The molecule has 2 aromatic rings. The fourth-order valence-corrected chi connectivity index (χ4v) is 2.39. The van der Waals surface area contributed by atoms with Crippen molar-refractivity contribution in [2.45, 2.75) is 20.0 Å². The summed E-state index contributed by atoms with van der Waals surface area (Å²) < 4.78 is 13.3. The number of nitrogens with two attached hydrogens (primary N) is 1. The van der Waals surface area contributed by atoms with Gasteiger partial charge in [-0.25, -0.2) is 9.38 Å². The van der Waals surface area contributed by atoms with Crippen LogP contribution in [0.4, 0.5) is 4.39 Å². The molecule has 0 bridgehead atoms. The van der Waals surface area contributed by atoms with Crippen molar-refractivity contribution < 1.29 is 9.18 Å². The third kappa shape index (κ3) is 5.60. The second-order valence-electron chi connectivity index (χ2n) is 5.72. The van der Waals surface area contributed by atoms with Gasteiger partial charge in [0, 0.05) is 25.7 Å². The van der Waals surface area contributed by atoms with Gasteiger partial charge < -0.3 is 16.0 Å². The zero-order chi connectivity index (χ0) is 18.2. The molecular weight excluding hydrogens is 319 g/mol. The molecule has 25 heavy (non-hydrogen) atoms. The van der Waals surface area contributed by atoms with Gasteiger partial charge in [0.15, 0.2) is 5.96 Å². The summed E-state index contributed by atoms with van der Waals surface area (Å²) in [4.78, 5) is 17.6. The Morgan fingerprint density at radius 3 is 2.52 bits per heavy atom. The van der Waals surface area contributed by atoms with Crippen molar-refractivity contribution in [3.63, 3.8) is 0 Å². The van der Waals surface area contributed by atoms with E-state index >= 15 is 0 Å². The third-order valence-electron chi connectivity index (χ3n) is 3.66. The highest BCUT2D eigenvalue weighted by Crippen LogP contribution is 2.08. The van der Waals surface area contributed by atoms with Gasteiger partial charge in [0.05, 0.1) is 6.54 Å². The molecule has 0 saturated heterocycles. The van der Waals surface area contributed by atoms with Crippen LogP contribution in [-0.4, -0.2) is 30.4 Å². The van der Waals surface area contributed by atoms with E-state index in [9.17, 15) is 9.18 Å². The summed E-state index contributed by atoms with van der Waals surface area (Å²) in [5.74, 6) is 0.0336. The van der Waals surface area contributed by atoms with Crippen LogP contribution in [-0.2, 0) is 13.1 Å². The number of hydrogen-bond acceptors (Lipinski definition) is 2. The van der Waals surface area contributed by atoms with Gasteiger partial charge in [-0.2, -0.15) is 0 Å². The summed E-state index contributed by atoms with van der Waals surface area (Å²) >= 11 is 0. The molecule has 0 unspecified atom stereocenters. The van der Waals surface area contributed by atoms with Crippen molar-refractivity contribution >= 4 is 11.9 Å². The van der Waals surface area contributed by atoms with Crippen LogP contribution in [0.1, 0.15) is 28.4 Å². The average Bonchev–Trinajstić information content (AvgIpc) is 2.59. The first kappa shape index (κ1) is 18.4. The molecule has 0 aromatic heterocycles. The number of hydrogen-bond donors (Lipinski definition) is 2. The van der Waals surface area contributed by atoms with Crippen molar-refractivity contribution in [2.24, 2.45) is 10.7 Å². The zero-order valence-electron chi connectivity index (χ0n) is 14.5. The molecule has 0 aliphatic heterocycles. The van der Waals surface area contributed by atoms with Crippen LogP contribution < -0.4 is 11.1 Å². The number of primary amides is 1. The molecule has 0 saturated carbocycles. The van der Waals surface area contributed by atoms with Gasteiger partial charge in [0.1, 0.15) is 5.82 Å². The van der Waals surface area contributed by atoms with Gasteiger partial charge in [0.2, 0.25) is 5.91 Å². The number of guanidine groups is 1. The first-order chi connectivity index (χ1) is 12.0. The molecule has 3 N–H and O–H groups in total. The lowest BCUT2D eigenvalue weighted by Crippen LogP contribution is -2.38. The summed E-state index contributed by atoms with van der Waals surface area (Å²) in [6, 6.07) is 13.6. The van der Waals surface area contributed by atoms with E-state index in [1.54, 1.807) is 18.2 Å². The van der Waals surface area contributed by atoms with E-state index in [0.717, 1.165) is 23.6 Å². The van der Waals surface area contributed by atoms with Crippen LogP contribution in [0.2, 0.25) is 0 Å². The first-order valence-corrected chi connectivity index (χ1v) is 8.12. The van der Waals surface area contributed by atoms with Gasteiger partial charge in [-0.1, -0.05) is 24.3 Å². The summed E-state index contributed by atoms with van der Waals surface area (Å²) in [6.07, 6.45) is 0. The van der Waals surface area contributed by atoms with E-state index in [-0.39, 0.29) is 5.82 Å². The highest BCUT2D eigenvalue weighted by molar-refractivity contribution is 5.92. The molecule has 0 atom stereocenters. The summed E-state index contributed by atoms with van der Waals surface area (Å²) in [6.45, 7) is 3.74. The lowest BCUT2D eigenvalue weighted by Gasteiger charge is -2.22. The number of rotatable bonds is 6. The molecular formula is C19H23FN4O. The second kappa shape index (κ2) is 8.82. The third-order valence-corrected chi connectivity index (χ3v) is 3.66. The van der Waals surface area contributed by atoms with E-state index in [1.807, 2.05) is 37.1 Å². The predicted octanol–water partition coefficient (Wildman–Crippen LogP) is 2.52. The lowest BCUT2D eigenvalue weighted by molar-refractivity contribution is 0.100. The quantitative estimate of drug-likeness (QED) is 0.626. The Morgan fingerprint density at radius 2 is 1.92 bits per heavy atom. The van der Waals surface area contributed by atoms with Crippen molar-refractivity contribution in [1.82, 2.24) is 10.2 Å². The van der Waals surface area contributed by atoms with Crippen LogP contribution in [0.5, 0.6) is 0 Å². The van der Waals surface area contributed by atoms with E-state index in [0.29, 0.717) is 18.7 Å². The number of carbonyl (C=O) groups is 1. The molecule has 0 aliphatic carbocycles. The first-order valence-electron chi connectivity index (χ1n) is 8.12. The fraction of sp³-hybridized carbons (Fsp3) is 0.263. The summed E-state index contributed by atoms with van der Waals surface area (Å²) in [5, 5.41) is 3.23. The number of halogens is 1. The Labute approximate surface area is 147 Å². The highest BCUT2D eigenvalue weighted by atomic mass is 19.1. The second-order valence-corrected chi connectivity index (χ2v) is 5.72. The van der Waals surface area contributed by atoms with Crippen molar-refractivity contribution in [1.29, 1.82) is 0 Å². The number of carbonyl (C=O) groups excluding carboxylic acids is 1. The molecule has 0 spiro atoms. The SMILES string of the molecule is CCNC(=NCc1ccc(C(N)=O)cc1)N(C)Cc1cccc(F)c1. The number of aliphatic imine (C=N–C) groups is 1. The topological polar surface area (TPSA) is 70.7 Å². The standard InChI is InChI=1S/C19H23FN4O/c1-3-22-19(24(2)13-15-5-4-6-17(20)11-15)23-12-14-7-9-16(10-8-14)18(21)25/h4-11H,3,12-13H2,1-2H3,(H2,21,25)(H,22,23). The maximum absolute atomic E-state index is 13.3. The maximum atomic E-state index is 13.3. The van der Waals surface area contributed by atoms with Crippen LogP contribution in [0.25, 0.3) is 0 Å². The van der Waals surface area contributed by atoms with Gasteiger partial charge in [-0.05, 0) is 42.3 Å². The number of amides is 1. The predicted molar refractivity (Wildman–Crippen MR) is 97.6 cm³/mol. The molecule has 0 fully saturated rings. The normalized spacial score (nSPS) is 11.2. The molecule has 6 heteroatoms. The number of nitrogens with one attached hydrogen (secondary N) is 1. The van der Waals surface area contributed by atoms with Gasteiger partial charge in [0.25, 0.3) is 0 Å². The van der Waals surface area contributed by atoms with Crippen molar-refractivity contribution in [3.8, 4) is 0 Å². The Bertz CT molecular complexity index is 743. The number of benzene rings is 2.